The Morgan fingerprint density at radius 2 is 1.78 bits per heavy atom. The number of hydrogen-bond donors (Lipinski definition) is 0. The molecule has 0 radical (unpaired) electrons. The molecule has 2 fully saturated rings. The minimum Gasteiger partial charge on any atom is -0.448 e. The van der Waals surface area contributed by atoms with Gasteiger partial charge in [0.2, 0.25) is 0 Å². The van der Waals surface area contributed by atoms with Gasteiger partial charge in [-0.25, -0.2) is 13.2 Å². The average molecular weight is 500 g/mol. The van der Waals surface area contributed by atoms with E-state index in [-0.39, 0.29) is 29.1 Å². The molecule has 2 aliphatic carbocycles. The third kappa shape index (κ3) is 3.17. The molecule has 5 atom stereocenters. The monoisotopic (exact) mass is 499 g/mol. The van der Waals surface area contributed by atoms with Gasteiger partial charge in [0.1, 0.15) is 23.9 Å². The van der Waals surface area contributed by atoms with E-state index in [9.17, 15) is 13.2 Å². The van der Waals surface area contributed by atoms with Crippen LogP contribution in [0.3, 0.4) is 0 Å². The number of amides is 1. The van der Waals surface area contributed by atoms with Crippen molar-refractivity contribution < 1.29 is 22.7 Å². The number of carbonyl (C=O) groups is 1. The van der Waals surface area contributed by atoms with E-state index in [2.05, 4.69) is 30.6 Å². The second-order valence-electron chi connectivity index (χ2n) is 9.61. The van der Waals surface area contributed by atoms with Crippen molar-refractivity contribution in [2.45, 2.75) is 41.9 Å². The minimum absolute atomic E-state index is 0.0175. The fourth-order valence-corrected chi connectivity index (χ4v) is 7.27. The second kappa shape index (κ2) is 8.27. The molecule has 2 aliphatic heterocycles. The number of epoxide rings is 1. The highest BCUT2D eigenvalue weighted by molar-refractivity contribution is 7.91. The van der Waals surface area contributed by atoms with Crippen molar-refractivity contribution in [3.05, 3.63) is 72.3 Å². The number of nitrogens with zero attached hydrogens (tertiary/aromatic N) is 1. The van der Waals surface area contributed by atoms with Crippen molar-refractivity contribution in [1.82, 2.24) is 0 Å². The van der Waals surface area contributed by atoms with Crippen LogP contribution in [0.5, 0.6) is 0 Å². The molecule has 2 aromatic carbocycles. The van der Waals surface area contributed by atoms with E-state index in [1.54, 1.807) is 35.3 Å². The van der Waals surface area contributed by atoms with Gasteiger partial charge in [-0.2, -0.15) is 0 Å². The first-order valence-corrected chi connectivity index (χ1v) is 13.8. The number of sulfone groups is 1. The first-order chi connectivity index (χ1) is 17.4. The molecule has 7 heteroatoms. The van der Waals surface area contributed by atoms with Crippen LogP contribution in [0.1, 0.15) is 25.3 Å². The molecule has 2 aromatic rings. The molecule has 0 N–H and O–H groups in total. The van der Waals surface area contributed by atoms with Gasteiger partial charge in [0.05, 0.1) is 22.3 Å². The molecule has 0 spiro atoms. The van der Waals surface area contributed by atoms with Crippen molar-refractivity contribution in [2.24, 2.45) is 11.8 Å². The summed E-state index contributed by atoms with van der Waals surface area (Å²) in [6, 6.07) is 15.2. The molecule has 1 amide bonds. The summed E-state index contributed by atoms with van der Waals surface area (Å²) in [5, 5.41) is 0. The van der Waals surface area contributed by atoms with Gasteiger partial charge in [0.15, 0.2) is 9.84 Å². The molecule has 4 aliphatic rings. The molecule has 0 aromatic heterocycles. The van der Waals surface area contributed by atoms with E-state index < -0.39 is 33.2 Å². The van der Waals surface area contributed by atoms with E-state index in [0.717, 1.165) is 18.4 Å². The predicted octanol–water partition coefficient (Wildman–Crippen LogP) is 4.07. The van der Waals surface area contributed by atoms with Gasteiger partial charge >= 0.3 is 6.09 Å². The Hall–Kier alpha value is -3.52. The molecule has 6 nitrogen and oxygen atoms in total. The molecule has 6 rings (SSSR count). The number of allylic oxidation sites excluding steroid dienone is 2. The number of benzene rings is 2. The molecular formula is C29H25NO5S. The highest BCUT2D eigenvalue weighted by atomic mass is 32.2. The largest absolute Gasteiger partial charge is 0.448 e. The van der Waals surface area contributed by atoms with E-state index in [1.807, 2.05) is 24.3 Å². The average Bonchev–Trinajstić information content (AvgIpc) is 3.61. The van der Waals surface area contributed by atoms with Crippen LogP contribution in [0.25, 0.3) is 0 Å². The van der Waals surface area contributed by atoms with Crippen LogP contribution < -0.4 is 4.90 Å². The second-order valence-corrected chi connectivity index (χ2v) is 11.7. The highest BCUT2D eigenvalue weighted by Gasteiger charge is 2.83. The molecule has 2 heterocycles. The zero-order valence-corrected chi connectivity index (χ0v) is 20.6. The Kier molecular flexibility index (Phi) is 5.26. The highest BCUT2D eigenvalue weighted by Crippen LogP contribution is 2.73. The Balaban J connectivity index is 1.36. The van der Waals surface area contributed by atoms with Crippen molar-refractivity contribution in [2.75, 3.05) is 17.3 Å². The molecule has 1 saturated carbocycles. The summed E-state index contributed by atoms with van der Waals surface area (Å²) in [7, 11) is -3.58. The number of fused-ring (bicyclic) bond motifs is 1. The smallest absolute Gasteiger partial charge is 0.415 e. The standard InChI is InChI=1S/C29H25NO5S/c1-21-17-18-22-11-5-2-3-8-16-26-28(21)29(22,35-28)24-14-9-10-15-25(24)30(26)27(31)34-19-20-36(32,33)23-12-6-4-7-13-23/h2-4,6-7,9-10,12-15,21-22,26H,17-20H2,1H3/b3-2-/t21?,22-,26-,28-,29+/m1/s1. The van der Waals surface area contributed by atoms with Gasteiger partial charge < -0.3 is 9.47 Å². The lowest BCUT2D eigenvalue weighted by Gasteiger charge is -2.45. The van der Waals surface area contributed by atoms with Crippen LogP contribution in [0.15, 0.2) is 71.6 Å². The number of hydrogen-bond acceptors (Lipinski definition) is 5. The first-order valence-electron chi connectivity index (χ1n) is 12.1. The summed E-state index contributed by atoms with van der Waals surface area (Å²) < 4.78 is 37.7. The summed E-state index contributed by atoms with van der Waals surface area (Å²) in [6.45, 7) is 1.88. The summed E-state index contributed by atoms with van der Waals surface area (Å²) in [5.74, 6) is 12.6. The zero-order valence-electron chi connectivity index (χ0n) is 19.8. The number of carbonyl (C=O) groups excluding carboxylic acids is 1. The van der Waals surface area contributed by atoms with Crippen molar-refractivity contribution in [3.8, 4) is 23.7 Å². The first kappa shape index (κ1) is 22.9. The van der Waals surface area contributed by atoms with Crippen LogP contribution in [0.2, 0.25) is 0 Å². The Labute approximate surface area is 211 Å². The molecular weight excluding hydrogens is 474 g/mol. The van der Waals surface area contributed by atoms with Gasteiger partial charge in [-0.1, -0.05) is 67.0 Å². The summed E-state index contributed by atoms with van der Waals surface area (Å²) in [5.41, 5.74) is 0.247. The van der Waals surface area contributed by atoms with Crippen LogP contribution in [0.4, 0.5) is 10.5 Å². The van der Waals surface area contributed by atoms with Gasteiger partial charge in [0.25, 0.3) is 0 Å². The maximum atomic E-state index is 13.6. The van der Waals surface area contributed by atoms with Gasteiger partial charge in [-0.05, 0) is 49.1 Å². The van der Waals surface area contributed by atoms with Crippen LogP contribution in [-0.4, -0.2) is 38.5 Å². The Morgan fingerprint density at radius 1 is 1.06 bits per heavy atom. The molecule has 182 valence electrons. The van der Waals surface area contributed by atoms with Crippen molar-refractivity contribution in [3.63, 3.8) is 0 Å². The van der Waals surface area contributed by atoms with E-state index >= 15 is 0 Å². The fraction of sp³-hybridized carbons (Fsp3) is 0.345. The van der Waals surface area contributed by atoms with Crippen LogP contribution >= 0.6 is 0 Å². The SMILES string of the molecule is CC1CC[C@H]2C#C/C=C\C#C[C@H]3N(C(=O)OCCS(=O)(=O)c4ccccc4)c4ccccc4[C@@]24O[C@]134. The maximum Gasteiger partial charge on any atom is 0.415 e. The normalized spacial score (nSPS) is 31.8. The zero-order chi connectivity index (χ0) is 25.0. The molecule has 1 unspecified atom stereocenters. The number of anilines is 1. The van der Waals surface area contributed by atoms with E-state index in [4.69, 9.17) is 9.47 Å². The molecule has 4 bridgehead atoms. The fourth-order valence-electron chi connectivity index (χ4n) is 6.16. The number of rotatable bonds is 4. The molecule has 1 saturated heterocycles. The summed E-state index contributed by atoms with van der Waals surface area (Å²) in [4.78, 5) is 15.4. The minimum atomic E-state index is -3.58. The topological polar surface area (TPSA) is 76.2 Å². The maximum absolute atomic E-state index is 13.6. The van der Waals surface area contributed by atoms with E-state index in [1.165, 1.54) is 12.1 Å². The lowest BCUT2D eigenvalue weighted by Crippen LogP contribution is -2.60. The van der Waals surface area contributed by atoms with Crippen molar-refractivity contribution >= 4 is 21.6 Å². The molecule has 36 heavy (non-hydrogen) atoms. The third-order valence-corrected chi connectivity index (χ3v) is 9.51. The third-order valence-electron chi connectivity index (χ3n) is 7.81. The number of ether oxygens (including phenoxy) is 2. The summed E-state index contributed by atoms with van der Waals surface area (Å²) >= 11 is 0. The van der Waals surface area contributed by atoms with Gasteiger partial charge in [-0.15, -0.1) is 0 Å². The lowest BCUT2D eigenvalue weighted by atomic mass is 9.60. The van der Waals surface area contributed by atoms with Gasteiger partial charge in [-0.3, -0.25) is 4.90 Å². The van der Waals surface area contributed by atoms with Crippen LogP contribution in [-0.2, 0) is 24.9 Å². The number of para-hydroxylation sites is 1. The van der Waals surface area contributed by atoms with Gasteiger partial charge in [0, 0.05) is 5.56 Å². The quantitative estimate of drug-likeness (QED) is 0.468. The summed E-state index contributed by atoms with van der Waals surface area (Å²) in [6.07, 6.45) is 4.60. The van der Waals surface area contributed by atoms with Crippen LogP contribution in [0, 0.1) is 35.5 Å². The Bertz CT molecular complexity index is 1490. The van der Waals surface area contributed by atoms with E-state index in [0.29, 0.717) is 5.69 Å². The predicted molar refractivity (Wildman–Crippen MR) is 135 cm³/mol. The lowest BCUT2D eigenvalue weighted by molar-refractivity contribution is 0.146. The Morgan fingerprint density at radius 3 is 2.58 bits per heavy atom. The van der Waals surface area contributed by atoms with Crippen molar-refractivity contribution in [1.29, 1.82) is 0 Å².